The van der Waals surface area contributed by atoms with Crippen molar-refractivity contribution in [2.45, 2.75) is 39.3 Å². The average Bonchev–Trinajstić information content (AvgIpc) is 3.01. The molecular formula is C18H22N4O3. The Morgan fingerprint density at radius 1 is 1.12 bits per heavy atom. The van der Waals surface area contributed by atoms with Crippen LogP contribution in [0.4, 0.5) is 0 Å². The number of rotatable bonds is 2. The molecule has 0 fully saturated rings. The molecule has 7 heteroatoms. The van der Waals surface area contributed by atoms with Gasteiger partial charge in [-0.2, -0.15) is 0 Å². The van der Waals surface area contributed by atoms with Crippen molar-refractivity contribution in [1.29, 1.82) is 0 Å². The van der Waals surface area contributed by atoms with Gasteiger partial charge in [-0.3, -0.25) is 4.79 Å². The Bertz CT molecular complexity index is 828. The summed E-state index contributed by atoms with van der Waals surface area (Å²) < 4.78 is 13.3. The number of aryl methyl sites for hydroxylation is 1. The van der Waals surface area contributed by atoms with Crippen LogP contribution in [0.15, 0.2) is 18.2 Å². The molecule has 0 saturated heterocycles. The Hall–Kier alpha value is -2.57. The molecule has 0 N–H and O–H groups in total. The normalized spacial score (nSPS) is 16.5. The van der Waals surface area contributed by atoms with Crippen molar-refractivity contribution >= 4 is 5.91 Å². The van der Waals surface area contributed by atoms with E-state index in [1.54, 1.807) is 0 Å². The fraction of sp³-hybridized carbons (Fsp3) is 0.500. The maximum atomic E-state index is 13.2. The van der Waals surface area contributed by atoms with Gasteiger partial charge in [0.1, 0.15) is 19.0 Å². The lowest BCUT2D eigenvalue weighted by Gasteiger charge is -2.35. The number of ether oxygens (including phenoxy) is 2. The van der Waals surface area contributed by atoms with Gasteiger partial charge in [0.15, 0.2) is 17.3 Å². The fourth-order valence-corrected chi connectivity index (χ4v) is 3.43. The van der Waals surface area contributed by atoms with Gasteiger partial charge in [-0.05, 0) is 38.5 Å². The second-order valence-corrected chi connectivity index (χ2v) is 7.03. The van der Waals surface area contributed by atoms with Crippen molar-refractivity contribution < 1.29 is 14.3 Å². The highest BCUT2D eigenvalue weighted by Gasteiger charge is 2.36. The molecule has 0 saturated carbocycles. The molecule has 2 aliphatic heterocycles. The van der Waals surface area contributed by atoms with E-state index in [1.807, 2.05) is 43.9 Å². The maximum absolute atomic E-state index is 13.2. The van der Waals surface area contributed by atoms with E-state index in [0.717, 1.165) is 29.5 Å². The number of hydrogen-bond donors (Lipinski definition) is 0. The van der Waals surface area contributed by atoms with E-state index in [4.69, 9.17) is 9.47 Å². The Labute approximate surface area is 146 Å². The van der Waals surface area contributed by atoms with Crippen LogP contribution < -0.4 is 9.47 Å². The molecule has 0 radical (unpaired) electrons. The second-order valence-electron chi connectivity index (χ2n) is 7.03. The zero-order chi connectivity index (χ0) is 17.6. The molecule has 2 aromatic rings. The van der Waals surface area contributed by atoms with E-state index in [0.29, 0.717) is 32.1 Å². The van der Waals surface area contributed by atoms with Crippen molar-refractivity contribution in [2.24, 2.45) is 0 Å². The molecule has 132 valence electrons. The first-order valence-corrected chi connectivity index (χ1v) is 8.55. The molecule has 3 heterocycles. The van der Waals surface area contributed by atoms with Crippen molar-refractivity contribution in [1.82, 2.24) is 19.7 Å². The fourth-order valence-electron chi connectivity index (χ4n) is 3.43. The number of fused-ring (bicyclic) bond motifs is 2. The molecule has 25 heavy (non-hydrogen) atoms. The van der Waals surface area contributed by atoms with Gasteiger partial charge in [0, 0.05) is 13.1 Å². The van der Waals surface area contributed by atoms with Crippen molar-refractivity contribution in [3.8, 4) is 11.5 Å². The Morgan fingerprint density at radius 2 is 1.88 bits per heavy atom. The first-order valence-electron chi connectivity index (χ1n) is 8.55. The van der Waals surface area contributed by atoms with Gasteiger partial charge in [-0.25, -0.2) is 0 Å². The first kappa shape index (κ1) is 15.9. The summed E-state index contributed by atoms with van der Waals surface area (Å²) in [6.45, 7) is 8.82. The van der Waals surface area contributed by atoms with Gasteiger partial charge in [-0.15, -0.1) is 10.2 Å². The van der Waals surface area contributed by atoms with Crippen LogP contribution in [-0.2, 0) is 23.3 Å². The van der Waals surface area contributed by atoms with Crippen LogP contribution in [0.25, 0.3) is 0 Å². The standard InChI is InChI=1S/C18H22N4O3/c1-12-19-20-16-11-21(6-7-22(12)16)17(23)18(2,3)13-4-5-14-15(10-13)25-9-8-24-14/h4-5,10H,6-9,11H2,1-3H3. The third-order valence-electron chi connectivity index (χ3n) is 5.02. The van der Waals surface area contributed by atoms with Gasteiger partial charge in [0.2, 0.25) is 5.91 Å². The zero-order valence-electron chi connectivity index (χ0n) is 14.8. The molecule has 0 unspecified atom stereocenters. The summed E-state index contributed by atoms with van der Waals surface area (Å²) >= 11 is 0. The van der Waals surface area contributed by atoms with E-state index in [1.165, 1.54) is 0 Å². The monoisotopic (exact) mass is 342 g/mol. The lowest BCUT2D eigenvalue weighted by Crippen LogP contribution is -2.47. The summed E-state index contributed by atoms with van der Waals surface area (Å²) in [5.41, 5.74) is 0.262. The number of benzene rings is 1. The Balaban J connectivity index is 1.58. The summed E-state index contributed by atoms with van der Waals surface area (Å²) in [7, 11) is 0. The molecule has 2 aliphatic rings. The van der Waals surface area contributed by atoms with E-state index < -0.39 is 5.41 Å². The van der Waals surface area contributed by atoms with Crippen LogP contribution in [0.2, 0.25) is 0 Å². The third kappa shape index (κ3) is 2.63. The SMILES string of the molecule is Cc1nnc2n1CCN(C(=O)C(C)(C)c1ccc3c(c1)OCCO3)C2. The van der Waals surface area contributed by atoms with Crippen LogP contribution >= 0.6 is 0 Å². The zero-order valence-corrected chi connectivity index (χ0v) is 14.8. The summed E-state index contributed by atoms with van der Waals surface area (Å²) in [6.07, 6.45) is 0. The van der Waals surface area contributed by atoms with E-state index in [9.17, 15) is 4.79 Å². The predicted octanol–water partition coefficient (Wildman–Crippen LogP) is 1.68. The average molecular weight is 342 g/mol. The van der Waals surface area contributed by atoms with Crippen molar-refractivity contribution in [3.63, 3.8) is 0 Å². The quantitative estimate of drug-likeness (QED) is 0.830. The predicted molar refractivity (Wildman–Crippen MR) is 90.6 cm³/mol. The van der Waals surface area contributed by atoms with Crippen LogP contribution in [0.1, 0.15) is 31.1 Å². The number of carbonyl (C=O) groups is 1. The second kappa shape index (κ2) is 5.75. The van der Waals surface area contributed by atoms with Gasteiger partial charge >= 0.3 is 0 Å². The maximum Gasteiger partial charge on any atom is 0.233 e. The van der Waals surface area contributed by atoms with Gasteiger partial charge < -0.3 is 18.9 Å². The molecule has 4 rings (SSSR count). The minimum Gasteiger partial charge on any atom is -0.486 e. The molecular weight excluding hydrogens is 320 g/mol. The minimum atomic E-state index is -0.660. The van der Waals surface area contributed by atoms with Gasteiger partial charge in [0.05, 0.1) is 12.0 Å². The molecule has 0 spiro atoms. The van der Waals surface area contributed by atoms with Crippen LogP contribution in [0.5, 0.6) is 11.5 Å². The molecule has 0 atom stereocenters. The van der Waals surface area contributed by atoms with E-state index in [-0.39, 0.29) is 5.91 Å². The third-order valence-corrected chi connectivity index (χ3v) is 5.02. The molecule has 0 bridgehead atoms. The smallest absolute Gasteiger partial charge is 0.233 e. The highest BCUT2D eigenvalue weighted by Crippen LogP contribution is 2.36. The highest BCUT2D eigenvalue weighted by molar-refractivity contribution is 5.87. The summed E-state index contributed by atoms with van der Waals surface area (Å²) in [5, 5.41) is 8.29. The van der Waals surface area contributed by atoms with Crippen molar-refractivity contribution in [3.05, 3.63) is 35.4 Å². The van der Waals surface area contributed by atoms with Crippen LogP contribution in [0.3, 0.4) is 0 Å². The number of nitrogens with zero attached hydrogens (tertiary/aromatic N) is 4. The largest absolute Gasteiger partial charge is 0.486 e. The summed E-state index contributed by atoms with van der Waals surface area (Å²) in [6, 6.07) is 5.75. The van der Waals surface area contributed by atoms with E-state index >= 15 is 0 Å². The Morgan fingerprint density at radius 3 is 2.68 bits per heavy atom. The van der Waals surface area contributed by atoms with Gasteiger partial charge in [-0.1, -0.05) is 6.07 Å². The topological polar surface area (TPSA) is 69.5 Å². The van der Waals surface area contributed by atoms with Crippen molar-refractivity contribution in [2.75, 3.05) is 19.8 Å². The molecule has 1 amide bonds. The molecule has 1 aromatic heterocycles. The number of amides is 1. The number of aromatic nitrogens is 3. The molecule has 0 aliphatic carbocycles. The minimum absolute atomic E-state index is 0.0797. The Kier molecular flexibility index (Phi) is 3.67. The first-order chi connectivity index (χ1) is 12.0. The molecule has 1 aromatic carbocycles. The summed E-state index contributed by atoms with van der Waals surface area (Å²) in [5.74, 6) is 3.26. The molecule has 7 nitrogen and oxygen atoms in total. The highest BCUT2D eigenvalue weighted by atomic mass is 16.6. The van der Waals surface area contributed by atoms with E-state index in [2.05, 4.69) is 14.8 Å². The van der Waals surface area contributed by atoms with Crippen LogP contribution in [-0.4, -0.2) is 45.3 Å². The lowest BCUT2D eigenvalue weighted by molar-refractivity contribution is -0.137. The van der Waals surface area contributed by atoms with Crippen LogP contribution in [0, 0.1) is 6.92 Å². The number of carbonyl (C=O) groups excluding carboxylic acids is 1. The number of hydrogen-bond acceptors (Lipinski definition) is 5. The lowest BCUT2D eigenvalue weighted by atomic mass is 9.82. The summed E-state index contributed by atoms with van der Waals surface area (Å²) in [4.78, 5) is 15.1. The van der Waals surface area contributed by atoms with Gasteiger partial charge in [0.25, 0.3) is 0 Å².